The molecule has 0 saturated carbocycles. The van der Waals surface area contributed by atoms with E-state index in [1.807, 2.05) is 0 Å². The molecule has 0 aliphatic carbocycles. The van der Waals surface area contributed by atoms with Crippen molar-refractivity contribution in [3.63, 3.8) is 0 Å². The van der Waals surface area contributed by atoms with E-state index in [2.05, 4.69) is 0 Å². The first-order valence-corrected chi connectivity index (χ1v) is 6.74. The van der Waals surface area contributed by atoms with Crippen LogP contribution < -0.4 is 5.23 Å². The largest absolute Gasteiger partial charge is 0.595 e. The van der Waals surface area contributed by atoms with Crippen molar-refractivity contribution in [3.05, 3.63) is 59.6 Å². The zero-order valence-electron chi connectivity index (χ0n) is 9.58. The quantitative estimate of drug-likeness (QED) is 0.652. The van der Waals surface area contributed by atoms with E-state index in [4.69, 9.17) is 5.21 Å². The molecule has 2 aromatic carbocycles. The van der Waals surface area contributed by atoms with Gasteiger partial charge in [0.2, 0.25) is 9.84 Å². The summed E-state index contributed by atoms with van der Waals surface area (Å²) in [6.07, 6.45) is 0. The summed E-state index contributed by atoms with van der Waals surface area (Å²) in [5, 5.41) is 18.5. The summed E-state index contributed by atoms with van der Waals surface area (Å²) < 4.78 is 37.6. The van der Waals surface area contributed by atoms with E-state index < -0.39 is 31.5 Å². The van der Waals surface area contributed by atoms with E-state index >= 15 is 0 Å². The molecule has 0 saturated heterocycles. The summed E-state index contributed by atoms with van der Waals surface area (Å²) in [7, 11) is -3.98. The Morgan fingerprint density at radius 1 is 1.11 bits per heavy atom. The van der Waals surface area contributed by atoms with E-state index in [9.17, 15) is 18.0 Å². The summed E-state index contributed by atoms with van der Waals surface area (Å²) in [6.45, 7) is 0. The van der Waals surface area contributed by atoms with Gasteiger partial charge in [0.15, 0.2) is 5.69 Å². The Balaban J connectivity index is 2.65. The number of hydrogen-bond donors (Lipinski definition) is 2. The molecule has 2 N–H and O–H groups in total. The first-order valence-electron chi connectivity index (χ1n) is 5.26. The van der Waals surface area contributed by atoms with Crippen molar-refractivity contribution >= 4 is 15.5 Å². The van der Waals surface area contributed by atoms with Crippen molar-refractivity contribution in [1.82, 2.24) is 0 Å². The van der Waals surface area contributed by atoms with Gasteiger partial charge in [0, 0.05) is 6.07 Å². The highest BCUT2D eigenvalue weighted by Gasteiger charge is 2.25. The molecule has 1 unspecified atom stereocenters. The van der Waals surface area contributed by atoms with E-state index in [1.54, 1.807) is 6.07 Å². The minimum atomic E-state index is -3.98. The van der Waals surface area contributed by atoms with E-state index in [0.717, 1.165) is 12.1 Å². The highest BCUT2D eigenvalue weighted by molar-refractivity contribution is 7.91. The zero-order valence-corrected chi connectivity index (χ0v) is 10.4. The number of rotatable bonds is 3. The van der Waals surface area contributed by atoms with Gasteiger partial charge in [-0.05, 0) is 24.3 Å². The molecule has 0 aliphatic rings. The molecule has 0 aromatic heterocycles. The molecule has 2 aromatic rings. The fourth-order valence-corrected chi connectivity index (χ4v) is 3.08. The second-order valence-electron chi connectivity index (χ2n) is 3.76. The summed E-state index contributed by atoms with van der Waals surface area (Å²) in [6, 6.07) is 9.96. The van der Waals surface area contributed by atoms with Gasteiger partial charge in [-0.25, -0.2) is 18.0 Å². The topological polar surface area (TPSA) is 81.9 Å². The van der Waals surface area contributed by atoms with Crippen molar-refractivity contribution in [1.29, 1.82) is 0 Å². The summed E-state index contributed by atoms with van der Waals surface area (Å²) in [4.78, 5) is -0.461. The van der Waals surface area contributed by atoms with Gasteiger partial charge in [0.1, 0.15) is 10.7 Å². The van der Waals surface area contributed by atoms with Gasteiger partial charge >= 0.3 is 0 Å². The molecule has 0 heterocycles. The van der Waals surface area contributed by atoms with E-state index in [1.165, 1.54) is 24.3 Å². The number of sulfone groups is 1. The molecule has 0 aliphatic heterocycles. The van der Waals surface area contributed by atoms with Crippen LogP contribution in [0.3, 0.4) is 0 Å². The van der Waals surface area contributed by atoms with Crippen molar-refractivity contribution < 1.29 is 23.2 Å². The van der Waals surface area contributed by atoms with Crippen LogP contribution in [0.4, 0.5) is 10.1 Å². The smallest absolute Gasteiger partial charge is 0.212 e. The Kier molecular flexibility index (Phi) is 3.63. The summed E-state index contributed by atoms with van der Waals surface area (Å²) in [5.41, 5.74) is -0.580. The normalized spacial score (nSPS) is 13.2. The van der Waals surface area contributed by atoms with Gasteiger partial charge in [-0.1, -0.05) is 18.2 Å². The highest BCUT2D eigenvalue weighted by Crippen LogP contribution is 2.25. The molecule has 5 nitrogen and oxygen atoms in total. The molecule has 0 amide bonds. The molecular weight excluding hydrogens is 273 g/mol. The standard InChI is InChI=1S/C12H10FNO4S/c13-9-6-7-12(11(8-9)14(15)16)19(17,18)10-4-2-1-3-5-10/h1-8,14-15H. The maximum absolute atomic E-state index is 13.0. The molecule has 1 atom stereocenters. The Bertz CT molecular complexity index is 686. The van der Waals surface area contributed by atoms with Crippen LogP contribution in [-0.2, 0) is 9.84 Å². The number of benzene rings is 2. The van der Waals surface area contributed by atoms with E-state index in [0.29, 0.717) is 6.07 Å². The van der Waals surface area contributed by atoms with Crippen molar-refractivity contribution in [2.45, 2.75) is 9.79 Å². The van der Waals surface area contributed by atoms with Gasteiger partial charge in [-0.15, -0.1) is 0 Å². The van der Waals surface area contributed by atoms with Crippen LogP contribution >= 0.6 is 0 Å². The van der Waals surface area contributed by atoms with Gasteiger partial charge in [-0.2, -0.15) is 5.23 Å². The van der Waals surface area contributed by atoms with Crippen LogP contribution in [0.5, 0.6) is 0 Å². The molecule has 7 heteroatoms. The van der Waals surface area contributed by atoms with Gasteiger partial charge in [0.05, 0.1) is 4.90 Å². The third-order valence-corrected chi connectivity index (χ3v) is 4.34. The highest BCUT2D eigenvalue weighted by atomic mass is 32.2. The van der Waals surface area contributed by atoms with Crippen molar-refractivity contribution in [2.75, 3.05) is 0 Å². The Labute approximate surface area is 109 Å². The fourth-order valence-electron chi connectivity index (χ4n) is 1.63. The SMILES string of the molecule is O=S(=O)(c1ccccc1)c1ccc(F)cc1[NH+]([O-])O. The number of quaternary nitrogens is 1. The van der Waals surface area contributed by atoms with E-state index in [-0.39, 0.29) is 4.90 Å². The lowest BCUT2D eigenvalue weighted by Gasteiger charge is -2.15. The number of halogens is 1. The third-order valence-electron chi connectivity index (χ3n) is 2.52. The minimum absolute atomic E-state index is 0.0379. The Hall–Kier alpha value is -1.80. The molecule has 2 rings (SSSR count). The first-order chi connectivity index (χ1) is 8.93. The van der Waals surface area contributed by atoms with Crippen LogP contribution in [0.25, 0.3) is 0 Å². The number of nitrogens with one attached hydrogen (secondary N) is 1. The lowest BCUT2D eigenvalue weighted by molar-refractivity contribution is -0.992. The molecule has 0 fully saturated rings. The van der Waals surface area contributed by atoms with Gasteiger partial charge in [-0.3, -0.25) is 0 Å². The van der Waals surface area contributed by atoms with Crippen molar-refractivity contribution in [2.24, 2.45) is 0 Å². The average molecular weight is 283 g/mol. The second-order valence-corrected chi connectivity index (χ2v) is 5.68. The average Bonchev–Trinajstić information content (AvgIpc) is 2.39. The van der Waals surface area contributed by atoms with Crippen LogP contribution in [-0.4, -0.2) is 13.6 Å². The zero-order chi connectivity index (χ0) is 14.0. The van der Waals surface area contributed by atoms with Crippen LogP contribution in [0.1, 0.15) is 0 Å². The summed E-state index contributed by atoms with van der Waals surface area (Å²) in [5.74, 6) is -0.801. The molecule has 0 bridgehead atoms. The van der Waals surface area contributed by atoms with Gasteiger partial charge < -0.3 is 5.21 Å². The van der Waals surface area contributed by atoms with Crippen molar-refractivity contribution in [3.8, 4) is 0 Å². The molecule has 0 spiro atoms. The Morgan fingerprint density at radius 2 is 1.74 bits per heavy atom. The first kappa shape index (κ1) is 13.6. The Morgan fingerprint density at radius 3 is 2.32 bits per heavy atom. The monoisotopic (exact) mass is 283 g/mol. The lowest BCUT2D eigenvalue weighted by atomic mass is 10.3. The van der Waals surface area contributed by atoms with Gasteiger partial charge in [0.25, 0.3) is 0 Å². The summed E-state index contributed by atoms with van der Waals surface area (Å²) >= 11 is 0. The minimum Gasteiger partial charge on any atom is -0.595 e. The lowest BCUT2D eigenvalue weighted by Crippen LogP contribution is -2.99. The maximum atomic E-state index is 13.0. The third kappa shape index (κ3) is 2.64. The maximum Gasteiger partial charge on any atom is 0.212 e. The molecular formula is C12H10FNO4S. The predicted octanol–water partition coefficient (Wildman–Crippen LogP) is 1.06. The molecule has 100 valence electrons. The van der Waals surface area contributed by atoms with Crippen LogP contribution in [0.15, 0.2) is 58.3 Å². The predicted molar refractivity (Wildman–Crippen MR) is 64.1 cm³/mol. The second kappa shape index (κ2) is 5.06. The van der Waals surface area contributed by atoms with Crippen LogP contribution in [0.2, 0.25) is 0 Å². The van der Waals surface area contributed by atoms with Crippen LogP contribution in [0, 0.1) is 11.0 Å². The molecule has 19 heavy (non-hydrogen) atoms. The molecule has 0 radical (unpaired) electrons. The fraction of sp³-hybridized carbons (Fsp3) is 0. The number of hydrogen-bond acceptors (Lipinski definition) is 4.